The fourth-order valence-corrected chi connectivity index (χ4v) is 4.13. The van der Waals surface area contributed by atoms with Crippen LogP contribution in [0.25, 0.3) is 5.57 Å². The number of aryl methyl sites for hydroxylation is 1. The molecule has 0 saturated heterocycles. The molecule has 0 N–H and O–H groups in total. The molecule has 3 aromatic rings. The van der Waals surface area contributed by atoms with Gasteiger partial charge in [-0.05, 0) is 42.7 Å². The third-order valence-electron chi connectivity index (χ3n) is 5.57. The lowest BCUT2D eigenvalue weighted by Gasteiger charge is -2.21. The Balaban J connectivity index is 1.69. The van der Waals surface area contributed by atoms with Crippen molar-refractivity contribution in [3.05, 3.63) is 101 Å². The summed E-state index contributed by atoms with van der Waals surface area (Å²) in [6.45, 7) is 2.69. The molecule has 0 aromatic heterocycles. The minimum Gasteiger partial charge on any atom is -0.336 e. The number of hydrogen-bond donors (Lipinski definition) is 0. The van der Waals surface area contributed by atoms with Crippen molar-refractivity contribution in [3.63, 3.8) is 0 Å². The van der Waals surface area contributed by atoms with E-state index in [9.17, 15) is 9.59 Å². The number of benzene rings is 3. The van der Waals surface area contributed by atoms with E-state index in [-0.39, 0.29) is 11.8 Å². The van der Waals surface area contributed by atoms with Crippen molar-refractivity contribution >= 4 is 28.8 Å². The summed E-state index contributed by atoms with van der Waals surface area (Å²) in [5.74, 6) is -0.544. The van der Waals surface area contributed by atoms with Crippen molar-refractivity contribution < 1.29 is 9.59 Å². The van der Waals surface area contributed by atoms with Crippen LogP contribution < -0.4 is 9.80 Å². The number of nitrogens with zero attached hydrogens (tertiary/aromatic N) is 2. The highest BCUT2D eigenvalue weighted by Crippen LogP contribution is 2.39. The maximum Gasteiger partial charge on any atom is 0.282 e. The zero-order valence-corrected chi connectivity index (χ0v) is 16.1. The molecule has 0 radical (unpaired) electrons. The Morgan fingerprint density at radius 3 is 2.21 bits per heavy atom. The van der Waals surface area contributed by atoms with Gasteiger partial charge in [-0.1, -0.05) is 66.2 Å². The summed E-state index contributed by atoms with van der Waals surface area (Å²) in [7, 11) is 0. The lowest BCUT2D eigenvalue weighted by atomic mass is 10.0. The Labute approximate surface area is 169 Å². The number of imide groups is 1. The van der Waals surface area contributed by atoms with Gasteiger partial charge < -0.3 is 4.90 Å². The van der Waals surface area contributed by atoms with Crippen LogP contribution in [0.5, 0.6) is 0 Å². The predicted octanol–water partition coefficient (Wildman–Crippen LogP) is 4.34. The molecule has 5 rings (SSSR count). The molecular weight excluding hydrogens is 360 g/mol. The average Bonchev–Trinajstić information content (AvgIpc) is 3.27. The van der Waals surface area contributed by atoms with E-state index in [2.05, 4.69) is 6.07 Å². The van der Waals surface area contributed by atoms with E-state index in [0.29, 0.717) is 23.5 Å². The van der Waals surface area contributed by atoms with Gasteiger partial charge in [0.1, 0.15) is 5.70 Å². The number of hydrogen-bond acceptors (Lipinski definition) is 3. The fraction of sp³-hybridized carbons (Fsp3) is 0.120. The van der Waals surface area contributed by atoms with Crippen molar-refractivity contribution in [2.24, 2.45) is 0 Å². The second kappa shape index (κ2) is 6.74. The van der Waals surface area contributed by atoms with E-state index in [4.69, 9.17) is 0 Å². The van der Waals surface area contributed by atoms with E-state index in [1.54, 1.807) is 12.1 Å². The maximum atomic E-state index is 13.6. The molecule has 0 spiro atoms. The molecule has 2 aliphatic rings. The molecule has 2 heterocycles. The van der Waals surface area contributed by atoms with Crippen LogP contribution in [0.4, 0.5) is 11.4 Å². The number of amides is 2. The van der Waals surface area contributed by atoms with Gasteiger partial charge in [-0.3, -0.25) is 9.59 Å². The van der Waals surface area contributed by atoms with Gasteiger partial charge in [0, 0.05) is 12.2 Å². The van der Waals surface area contributed by atoms with Crippen molar-refractivity contribution in [2.45, 2.75) is 13.3 Å². The minimum atomic E-state index is -0.274. The highest BCUT2D eigenvalue weighted by atomic mass is 16.2. The number of anilines is 2. The van der Waals surface area contributed by atoms with Gasteiger partial charge >= 0.3 is 0 Å². The van der Waals surface area contributed by atoms with Gasteiger partial charge in [0.25, 0.3) is 11.8 Å². The van der Waals surface area contributed by atoms with Gasteiger partial charge in [0.05, 0.1) is 11.3 Å². The van der Waals surface area contributed by atoms with Crippen LogP contribution in [-0.2, 0) is 16.0 Å². The topological polar surface area (TPSA) is 40.6 Å². The molecule has 4 heteroatoms. The van der Waals surface area contributed by atoms with Crippen molar-refractivity contribution in [2.75, 3.05) is 16.3 Å². The number of carbonyl (C=O) groups excluding carboxylic acids is 2. The molecule has 3 aromatic carbocycles. The van der Waals surface area contributed by atoms with Crippen LogP contribution in [0.15, 0.2) is 84.6 Å². The number of rotatable bonds is 3. The third-order valence-corrected chi connectivity index (χ3v) is 5.57. The smallest absolute Gasteiger partial charge is 0.282 e. The molecule has 0 aliphatic carbocycles. The van der Waals surface area contributed by atoms with Gasteiger partial charge in [0.2, 0.25) is 0 Å². The summed E-state index contributed by atoms with van der Waals surface area (Å²) in [6, 6.07) is 25.0. The van der Waals surface area contributed by atoms with Gasteiger partial charge in [-0.15, -0.1) is 0 Å². The summed E-state index contributed by atoms with van der Waals surface area (Å²) < 4.78 is 0. The lowest BCUT2D eigenvalue weighted by Crippen LogP contribution is -2.34. The summed E-state index contributed by atoms with van der Waals surface area (Å²) in [5, 5.41) is 0. The minimum absolute atomic E-state index is 0.270. The van der Waals surface area contributed by atoms with Crippen LogP contribution in [-0.4, -0.2) is 18.4 Å². The Morgan fingerprint density at radius 1 is 0.759 bits per heavy atom. The molecule has 29 heavy (non-hydrogen) atoms. The first-order valence-electron chi connectivity index (χ1n) is 9.76. The number of para-hydroxylation sites is 2. The zero-order valence-electron chi connectivity index (χ0n) is 16.1. The third kappa shape index (κ3) is 2.76. The molecule has 2 amide bonds. The lowest BCUT2D eigenvalue weighted by molar-refractivity contribution is -0.120. The maximum absolute atomic E-state index is 13.6. The molecule has 0 saturated carbocycles. The van der Waals surface area contributed by atoms with Crippen molar-refractivity contribution in [1.82, 2.24) is 0 Å². The van der Waals surface area contributed by atoms with Crippen molar-refractivity contribution in [3.8, 4) is 0 Å². The number of carbonyl (C=O) groups is 2. The SMILES string of the molecule is Cc1ccc(C2=C(N3CCc4ccccc43)C(=O)N(c3ccccc3)C2=O)cc1. The average molecular weight is 380 g/mol. The standard InChI is InChI=1S/C25H20N2O2/c1-17-11-13-19(14-12-17)22-23(26-16-15-18-7-5-6-10-21(18)26)25(29)27(24(22)28)20-8-3-2-4-9-20/h2-14H,15-16H2,1H3. The Kier molecular flexibility index (Phi) is 4.06. The summed E-state index contributed by atoms with van der Waals surface area (Å²) in [6.07, 6.45) is 0.855. The molecule has 0 fully saturated rings. The Morgan fingerprint density at radius 2 is 1.45 bits per heavy atom. The van der Waals surface area contributed by atoms with E-state index in [1.165, 1.54) is 10.5 Å². The predicted molar refractivity (Wildman–Crippen MR) is 115 cm³/mol. The van der Waals surface area contributed by atoms with Crippen LogP contribution in [0, 0.1) is 6.92 Å². The van der Waals surface area contributed by atoms with E-state index < -0.39 is 0 Å². The molecule has 0 atom stereocenters. The van der Waals surface area contributed by atoms with Crippen molar-refractivity contribution in [1.29, 1.82) is 0 Å². The van der Waals surface area contributed by atoms with E-state index in [1.807, 2.05) is 72.5 Å². The monoisotopic (exact) mass is 380 g/mol. The first-order valence-corrected chi connectivity index (χ1v) is 9.76. The molecule has 0 bridgehead atoms. The van der Waals surface area contributed by atoms with E-state index >= 15 is 0 Å². The first kappa shape index (κ1) is 17.4. The van der Waals surface area contributed by atoms with Gasteiger partial charge in [0.15, 0.2) is 0 Å². The molecule has 0 unspecified atom stereocenters. The van der Waals surface area contributed by atoms with Gasteiger partial charge in [-0.2, -0.15) is 0 Å². The molecule has 142 valence electrons. The van der Waals surface area contributed by atoms with Crippen LogP contribution in [0.3, 0.4) is 0 Å². The Bertz CT molecular complexity index is 1150. The second-order valence-electron chi connectivity index (χ2n) is 7.40. The molecular formula is C25H20N2O2. The van der Waals surface area contributed by atoms with Crippen LogP contribution >= 0.6 is 0 Å². The number of fused-ring (bicyclic) bond motifs is 1. The highest BCUT2D eigenvalue weighted by molar-refractivity contribution is 6.46. The first-order chi connectivity index (χ1) is 14.1. The fourth-order valence-electron chi connectivity index (χ4n) is 4.13. The zero-order chi connectivity index (χ0) is 20.0. The molecule has 4 nitrogen and oxygen atoms in total. The summed E-state index contributed by atoms with van der Waals surface area (Å²) in [4.78, 5) is 30.4. The quantitative estimate of drug-likeness (QED) is 0.635. The van der Waals surface area contributed by atoms with Crippen LogP contribution in [0.2, 0.25) is 0 Å². The van der Waals surface area contributed by atoms with Gasteiger partial charge in [-0.25, -0.2) is 4.90 Å². The molecule has 2 aliphatic heterocycles. The summed E-state index contributed by atoms with van der Waals surface area (Å²) >= 11 is 0. The largest absolute Gasteiger partial charge is 0.336 e. The van der Waals surface area contributed by atoms with E-state index in [0.717, 1.165) is 23.2 Å². The second-order valence-corrected chi connectivity index (χ2v) is 7.40. The normalized spacial score (nSPS) is 16.0. The highest BCUT2D eigenvalue weighted by Gasteiger charge is 2.43. The summed E-state index contributed by atoms with van der Waals surface area (Å²) in [5.41, 5.74) is 5.61. The Hall–Kier alpha value is -3.66. The van der Waals surface area contributed by atoms with Crippen LogP contribution in [0.1, 0.15) is 16.7 Å².